The first-order chi connectivity index (χ1) is 11.8. The summed E-state index contributed by atoms with van der Waals surface area (Å²) in [6, 6.07) is 14.7. The van der Waals surface area contributed by atoms with E-state index in [1.54, 1.807) is 12.1 Å². The molecule has 6 heteroatoms. The minimum absolute atomic E-state index is 0.228. The van der Waals surface area contributed by atoms with Gasteiger partial charge in [-0.05, 0) is 25.0 Å². The van der Waals surface area contributed by atoms with Gasteiger partial charge >= 0.3 is 0 Å². The van der Waals surface area contributed by atoms with Gasteiger partial charge in [0, 0.05) is 6.42 Å². The smallest absolute Gasteiger partial charge is 0.277 e. The van der Waals surface area contributed by atoms with Crippen LogP contribution in [0.2, 0.25) is 0 Å². The first-order valence-electron chi connectivity index (χ1n) is 8.16. The standard InChI is InChI=1S/C19H22O5S/c1-14-3-7-16(8-4-14)13-19(23-11-12-24-19)18(25(20,21)22)17-9-5-15(2)6-10-17/h3-10,18H,11-13H2,1-2H3,(H,20,21,22). The van der Waals surface area contributed by atoms with Crippen LogP contribution in [-0.4, -0.2) is 32.0 Å². The molecule has 0 saturated carbocycles. The fourth-order valence-electron chi connectivity index (χ4n) is 3.20. The van der Waals surface area contributed by atoms with Crippen LogP contribution in [0, 0.1) is 13.8 Å². The summed E-state index contributed by atoms with van der Waals surface area (Å²) in [7, 11) is -4.45. The number of aryl methyl sites for hydroxylation is 2. The van der Waals surface area contributed by atoms with Crippen LogP contribution < -0.4 is 0 Å². The number of ether oxygens (including phenoxy) is 2. The number of hydrogen-bond donors (Lipinski definition) is 1. The average Bonchev–Trinajstić information content (AvgIpc) is 2.99. The molecule has 1 aliphatic heterocycles. The summed E-state index contributed by atoms with van der Waals surface area (Å²) in [6.45, 7) is 4.46. The Hall–Kier alpha value is -1.73. The lowest BCUT2D eigenvalue weighted by Crippen LogP contribution is -2.43. The predicted octanol–water partition coefficient (Wildman–Crippen LogP) is 3.22. The van der Waals surface area contributed by atoms with E-state index < -0.39 is 21.2 Å². The highest BCUT2D eigenvalue weighted by atomic mass is 32.2. The van der Waals surface area contributed by atoms with Gasteiger partial charge in [0.05, 0.1) is 13.2 Å². The van der Waals surface area contributed by atoms with Gasteiger partial charge in [0.15, 0.2) is 11.0 Å². The molecule has 1 aliphatic rings. The number of hydrogen-bond acceptors (Lipinski definition) is 4. The zero-order valence-electron chi connectivity index (χ0n) is 14.3. The minimum atomic E-state index is -4.45. The van der Waals surface area contributed by atoms with Crippen LogP contribution in [0.3, 0.4) is 0 Å². The maximum Gasteiger partial charge on any atom is 0.277 e. The van der Waals surface area contributed by atoms with Crippen LogP contribution in [0.4, 0.5) is 0 Å². The van der Waals surface area contributed by atoms with Gasteiger partial charge < -0.3 is 9.47 Å². The predicted molar refractivity (Wildman–Crippen MR) is 95.0 cm³/mol. The van der Waals surface area contributed by atoms with Gasteiger partial charge in [-0.15, -0.1) is 0 Å². The summed E-state index contributed by atoms with van der Waals surface area (Å²) in [5, 5.41) is -1.32. The monoisotopic (exact) mass is 362 g/mol. The van der Waals surface area contributed by atoms with Gasteiger partial charge in [-0.1, -0.05) is 59.7 Å². The van der Waals surface area contributed by atoms with Gasteiger partial charge in [-0.3, -0.25) is 4.55 Å². The zero-order chi connectivity index (χ0) is 18.1. The van der Waals surface area contributed by atoms with E-state index in [4.69, 9.17) is 9.47 Å². The molecule has 5 nitrogen and oxygen atoms in total. The molecule has 1 unspecified atom stereocenters. The van der Waals surface area contributed by atoms with Crippen molar-refractivity contribution >= 4 is 10.1 Å². The van der Waals surface area contributed by atoms with Gasteiger partial charge in [-0.2, -0.15) is 8.42 Å². The Labute approximate surface area is 148 Å². The van der Waals surface area contributed by atoms with Crippen molar-refractivity contribution in [2.75, 3.05) is 13.2 Å². The maximum atomic E-state index is 12.2. The minimum Gasteiger partial charge on any atom is -0.345 e. The van der Waals surface area contributed by atoms with Crippen LogP contribution in [0.25, 0.3) is 0 Å². The van der Waals surface area contributed by atoms with E-state index in [-0.39, 0.29) is 19.6 Å². The van der Waals surface area contributed by atoms with Crippen molar-refractivity contribution in [2.24, 2.45) is 0 Å². The topological polar surface area (TPSA) is 72.8 Å². The number of rotatable bonds is 5. The molecule has 1 N–H and O–H groups in total. The largest absolute Gasteiger partial charge is 0.345 e. The van der Waals surface area contributed by atoms with E-state index in [1.165, 1.54) is 0 Å². The van der Waals surface area contributed by atoms with Crippen LogP contribution >= 0.6 is 0 Å². The van der Waals surface area contributed by atoms with Crippen LogP contribution in [0.15, 0.2) is 48.5 Å². The summed E-state index contributed by atoms with van der Waals surface area (Å²) in [5.41, 5.74) is 3.44. The molecule has 25 heavy (non-hydrogen) atoms. The van der Waals surface area contributed by atoms with Crippen LogP contribution in [0.1, 0.15) is 27.5 Å². The molecule has 1 atom stereocenters. The van der Waals surface area contributed by atoms with Gasteiger partial charge in [-0.25, -0.2) is 0 Å². The highest BCUT2D eigenvalue weighted by Crippen LogP contribution is 2.41. The van der Waals surface area contributed by atoms with Gasteiger partial charge in [0.25, 0.3) is 10.1 Å². The Balaban J connectivity index is 2.05. The molecule has 1 saturated heterocycles. The molecule has 0 radical (unpaired) electrons. The van der Waals surface area contributed by atoms with Gasteiger partial charge in [0.2, 0.25) is 0 Å². The van der Waals surface area contributed by atoms with E-state index in [0.717, 1.165) is 16.7 Å². The van der Waals surface area contributed by atoms with Crippen molar-refractivity contribution in [3.63, 3.8) is 0 Å². The lowest BCUT2D eigenvalue weighted by Gasteiger charge is -2.34. The molecule has 0 aromatic heterocycles. The molecule has 134 valence electrons. The molecule has 0 amide bonds. The quantitative estimate of drug-likeness (QED) is 0.827. The summed E-state index contributed by atoms with van der Waals surface area (Å²) in [4.78, 5) is 0. The first kappa shape index (κ1) is 18.1. The van der Waals surface area contributed by atoms with E-state index in [1.807, 2.05) is 50.2 Å². The molecule has 0 bridgehead atoms. The molecular weight excluding hydrogens is 340 g/mol. The average molecular weight is 362 g/mol. The van der Waals surface area contributed by atoms with Crippen molar-refractivity contribution in [1.29, 1.82) is 0 Å². The molecule has 3 rings (SSSR count). The Kier molecular flexibility index (Phi) is 4.97. The maximum absolute atomic E-state index is 12.2. The summed E-state index contributed by atoms with van der Waals surface area (Å²) in [6.07, 6.45) is 0.228. The molecule has 2 aromatic rings. The third kappa shape index (κ3) is 3.93. The second-order valence-corrected chi connectivity index (χ2v) is 7.98. The molecule has 2 aromatic carbocycles. The first-order valence-corrected chi connectivity index (χ1v) is 9.67. The third-order valence-corrected chi connectivity index (χ3v) is 5.65. The van der Waals surface area contributed by atoms with Crippen LogP contribution in [-0.2, 0) is 26.0 Å². The second kappa shape index (κ2) is 6.88. The van der Waals surface area contributed by atoms with E-state index >= 15 is 0 Å². The highest BCUT2D eigenvalue weighted by Gasteiger charge is 2.51. The van der Waals surface area contributed by atoms with Gasteiger partial charge in [0.1, 0.15) is 0 Å². The Morgan fingerprint density at radius 3 is 1.92 bits per heavy atom. The molecule has 1 heterocycles. The fourth-order valence-corrected chi connectivity index (χ4v) is 4.38. The van der Waals surface area contributed by atoms with Crippen molar-refractivity contribution in [2.45, 2.75) is 31.3 Å². The fraction of sp³-hybridized carbons (Fsp3) is 0.368. The van der Waals surface area contributed by atoms with Crippen LogP contribution in [0.5, 0.6) is 0 Å². The van der Waals surface area contributed by atoms with E-state index in [0.29, 0.717) is 5.56 Å². The summed E-state index contributed by atoms with van der Waals surface area (Å²) < 4.78 is 46.0. The molecule has 0 spiro atoms. The summed E-state index contributed by atoms with van der Waals surface area (Å²) >= 11 is 0. The Bertz CT molecular complexity index is 819. The lowest BCUT2D eigenvalue weighted by atomic mass is 9.96. The Morgan fingerprint density at radius 2 is 1.44 bits per heavy atom. The highest BCUT2D eigenvalue weighted by molar-refractivity contribution is 7.86. The van der Waals surface area contributed by atoms with E-state index in [2.05, 4.69) is 0 Å². The molecule has 1 fully saturated rings. The third-order valence-electron chi connectivity index (χ3n) is 4.42. The number of benzene rings is 2. The van der Waals surface area contributed by atoms with Crippen molar-refractivity contribution in [1.82, 2.24) is 0 Å². The lowest BCUT2D eigenvalue weighted by molar-refractivity contribution is -0.159. The van der Waals surface area contributed by atoms with Crippen molar-refractivity contribution < 1.29 is 22.4 Å². The second-order valence-electron chi connectivity index (χ2n) is 6.48. The van der Waals surface area contributed by atoms with Crippen molar-refractivity contribution in [3.05, 3.63) is 70.8 Å². The normalized spacial score (nSPS) is 18.2. The Morgan fingerprint density at radius 1 is 0.960 bits per heavy atom. The SMILES string of the molecule is Cc1ccc(CC2(C(c3ccc(C)cc3)S(=O)(=O)O)OCCO2)cc1. The zero-order valence-corrected chi connectivity index (χ0v) is 15.1. The molecule has 0 aliphatic carbocycles. The van der Waals surface area contributed by atoms with Crippen molar-refractivity contribution in [3.8, 4) is 0 Å². The summed E-state index contributed by atoms with van der Waals surface area (Å²) in [5.74, 6) is -1.45. The molecular formula is C19H22O5S. The van der Waals surface area contributed by atoms with E-state index in [9.17, 15) is 13.0 Å².